The van der Waals surface area contributed by atoms with Gasteiger partial charge in [-0.15, -0.1) is 0 Å². The summed E-state index contributed by atoms with van der Waals surface area (Å²) in [6.45, 7) is 1.57. The van der Waals surface area contributed by atoms with Crippen molar-refractivity contribution < 1.29 is 14.4 Å². The lowest BCUT2D eigenvalue weighted by Gasteiger charge is -2.45. The molecule has 0 radical (unpaired) electrons. The summed E-state index contributed by atoms with van der Waals surface area (Å²) in [6.07, 6.45) is 2.70. The minimum Gasteiger partial charge on any atom is -0.332 e. The molecule has 2 amide bonds. The fourth-order valence-electron chi connectivity index (χ4n) is 3.19. The zero-order chi connectivity index (χ0) is 16.0. The predicted octanol–water partition coefficient (Wildman–Crippen LogP) is 1.33. The molecule has 0 N–H and O–H groups in total. The summed E-state index contributed by atoms with van der Waals surface area (Å²) >= 11 is 0. The van der Waals surface area contributed by atoms with Crippen LogP contribution in [0.25, 0.3) is 0 Å². The van der Waals surface area contributed by atoms with Crippen LogP contribution < -0.4 is 0 Å². The monoisotopic (exact) mass is 311 g/mol. The van der Waals surface area contributed by atoms with Crippen LogP contribution in [0.4, 0.5) is 0 Å². The molecule has 2 saturated heterocycles. The third kappa shape index (κ3) is 2.57. The van der Waals surface area contributed by atoms with E-state index in [0.717, 1.165) is 0 Å². The smallest absolute Gasteiger partial charge is 0.254 e. The molecule has 1 aromatic rings. The van der Waals surface area contributed by atoms with Gasteiger partial charge in [-0.3, -0.25) is 14.4 Å². The highest BCUT2D eigenvalue weighted by Crippen LogP contribution is 2.39. The molecular weight excluding hydrogens is 294 g/mol. The van der Waals surface area contributed by atoms with Gasteiger partial charge in [-0.2, -0.15) is 5.26 Å². The second kappa shape index (κ2) is 5.07. The number of benzene rings is 1. The number of amides is 2. The van der Waals surface area contributed by atoms with Crippen molar-refractivity contribution in [1.29, 1.82) is 5.26 Å². The Kier molecular flexibility index (Phi) is 3.13. The van der Waals surface area contributed by atoms with Gasteiger partial charge in [0.1, 0.15) is 5.60 Å². The van der Waals surface area contributed by atoms with E-state index in [-0.39, 0.29) is 11.8 Å². The van der Waals surface area contributed by atoms with Crippen LogP contribution in [0, 0.1) is 17.2 Å². The highest BCUT2D eigenvalue weighted by molar-refractivity contribution is 5.95. The molecule has 6 heteroatoms. The molecule has 1 spiro atoms. The summed E-state index contributed by atoms with van der Waals surface area (Å²) in [6, 6.07) is 8.62. The Morgan fingerprint density at radius 3 is 2.61 bits per heavy atom. The lowest BCUT2D eigenvalue weighted by Crippen LogP contribution is -2.63. The molecule has 1 aromatic carbocycles. The van der Waals surface area contributed by atoms with E-state index in [0.29, 0.717) is 43.1 Å². The second-order valence-corrected chi connectivity index (χ2v) is 6.70. The van der Waals surface area contributed by atoms with Crippen molar-refractivity contribution in [3.8, 4) is 6.07 Å². The highest BCUT2D eigenvalue weighted by atomic mass is 16.7. The molecule has 1 aliphatic carbocycles. The number of hydrogen-bond acceptors (Lipinski definition) is 4. The average Bonchev–Trinajstić information content (AvgIpc) is 3.28. The molecule has 118 valence electrons. The standard InChI is InChI=1S/C17H17N3O3/c18-8-12-3-5-14(6-4-12)16(22)19-10-17(11-19)7-15(21)20(23-17)9-13-1-2-13/h3-6,13H,1-2,7,9-11H2. The van der Waals surface area contributed by atoms with Gasteiger partial charge in [0.15, 0.2) is 0 Å². The number of carbonyl (C=O) groups excluding carboxylic acids is 2. The predicted molar refractivity (Wildman–Crippen MR) is 79.9 cm³/mol. The Morgan fingerprint density at radius 1 is 1.30 bits per heavy atom. The van der Waals surface area contributed by atoms with Crippen LogP contribution >= 0.6 is 0 Å². The van der Waals surface area contributed by atoms with E-state index in [9.17, 15) is 9.59 Å². The molecule has 23 heavy (non-hydrogen) atoms. The van der Waals surface area contributed by atoms with Gasteiger partial charge < -0.3 is 4.90 Å². The van der Waals surface area contributed by atoms with E-state index in [4.69, 9.17) is 10.1 Å². The van der Waals surface area contributed by atoms with Crippen LogP contribution in [-0.2, 0) is 9.63 Å². The van der Waals surface area contributed by atoms with Crippen LogP contribution in [0.3, 0.4) is 0 Å². The zero-order valence-electron chi connectivity index (χ0n) is 12.7. The van der Waals surface area contributed by atoms with Crippen molar-refractivity contribution >= 4 is 11.8 Å². The topological polar surface area (TPSA) is 73.6 Å². The Balaban J connectivity index is 1.37. The molecular formula is C17H17N3O3. The maximum atomic E-state index is 12.4. The van der Waals surface area contributed by atoms with E-state index in [1.807, 2.05) is 6.07 Å². The Morgan fingerprint density at radius 2 is 2.00 bits per heavy atom. The molecule has 1 saturated carbocycles. The molecule has 2 heterocycles. The quantitative estimate of drug-likeness (QED) is 0.844. The Labute approximate surface area is 134 Å². The summed E-state index contributed by atoms with van der Waals surface area (Å²) in [5, 5.41) is 10.3. The Hall–Kier alpha value is -2.39. The van der Waals surface area contributed by atoms with Gasteiger partial charge in [-0.25, -0.2) is 5.06 Å². The molecule has 0 aromatic heterocycles. The number of nitriles is 1. The van der Waals surface area contributed by atoms with Crippen molar-refractivity contribution in [2.45, 2.75) is 24.9 Å². The lowest BCUT2D eigenvalue weighted by atomic mass is 9.90. The summed E-state index contributed by atoms with van der Waals surface area (Å²) in [7, 11) is 0. The van der Waals surface area contributed by atoms with Gasteiger partial charge in [0.25, 0.3) is 5.91 Å². The molecule has 4 rings (SSSR count). The molecule has 0 bridgehead atoms. The molecule has 0 unspecified atom stereocenters. The van der Waals surface area contributed by atoms with E-state index in [2.05, 4.69) is 0 Å². The van der Waals surface area contributed by atoms with Gasteiger partial charge in [-0.1, -0.05) is 0 Å². The number of hydroxylamine groups is 2. The lowest BCUT2D eigenvalue weighted by molar-refractivity contribution is -0.230. The maximum Gasteiger partial charge on any atom is 0.254 e. The number of carbonyl (C=O) groups is 2. The SMILES string of the molecule is N#Cc1ccc(C(=O)N2CC3(CC(=O)N(CC4CC4)O3)C2)cc1. The van der Waals surface area contributed by atoms with E-state index >= 15 is 0 Å². The molecule has 3 aliphatic rings. The van der Waals surface area contributed by atoms with Gasteiger partial charge >= 0.3 is 0 Å². The van der Waals surface area contributed by atoms with Crippen molar-refractivity contribution in [3.05, 3.63) is 35.4 Å². The number of nitrogens with zero attached hydrogens (tertiary/aromatic N) is 3. The number of likely N-dealkylation sites (tertiary alicyclic amines) is 1. The first-order valence-electron chi connectivity index (χ1n) is 7.87. The minimum absolute atomic E-state index is 0.0300. The molecule has 6 nitrogen and oxygen atoms in total. The third-order valence-electron chi connectivity index (χ3n) is 4.68. The van der Waals surface area contributed by atoms with Crippen LogP contribution in [0.1, 0.15) is 35.2 Å². The Bertz CT molecular complexity index is 697. The number of rotatable bonds is 3. The van der Waals surface area contributed by atoms with Gasteiger partial charge in [0.05, 0.1) is 37.7 Å². The van der Waals surface area contributed by atoms with Crippen molar-refractivity contribution in [2.24, 2.45) is 5.92 Å². The third-order valence-corrected chi connectivity index (χ3v) is 4.68. The minimum atomic E-state index is -0.520. The van der Waals surface area contributed by atoms with Gasteiger partial charge in [0, 0.05) is 5.56 Å². The maximum absolute atomic E-state index is 12.4. The first-order chi connectivity index (χ1) is 11.1. The summed E-state index contributed by atoms with van der Waals surface area (Å²) in [5.41, 5.74) is 0.564. The van der Waals surface area contributed by atoms with Crippen molar-refractivity contribution in [3.63, 3.8) is 0 Å². The second-order valence-electron chi connectivity index (χ2n) is 6.70. The van der Waals surface area contributed by atoms with E-state index in [1.165, 1.54) is 17.9 Å². The van der Waals surface area contributed by atoms with Crippen LogP contribution in [0.15, 0.2) is 24.3 Å². The first kappa shape index (κ1) is 14.2. The van der Waals surface area contributed by atoms with Crippen LogP contribution in [0.2, 0.25) is 0 Å². The van der Waals surface area contributed by atoms with Gasteiger partial charge in [0.2, 0.25) is 5.91 Å². The molecule has 2 aliphatic heterocycles. The average molecular weight is 311 g/mol. The fraction of sp³-hybridized carbons (Fsp3) is 0.471. The highest BCUT2D eigenvalue weighted by Gasteiger charge is 2.55. The van der Waals surface area contributed by atoms with Crippen LogP contribution in [-0.4, -0.2) is 47.0 Å². The first-order valence-corrected chi connectivity index (χ1v) is 7.87. The van der Waals surface area contributed by atoms with Crippen molar-refractivity contribution in [2.75, 3.05) is 19.6 Å². The zero-order valence-corrected chi connectivity index (χ0v) is 12.7. The van der Waals surface area contributed by atoms with Crippen molar-refractivity contribution in [1.82, 2.24) is 9.96 Å². The van der Waals surface area contributed by atoms with Gasteiger partial charge in [-0.05, 0) is 43.0 Å². The molecule has 0 atom stereocenters. The summed E-state index contributed by atoms with van der Waals surface area (Å²) in [5.74, 6) is 0.532. The van der Waals surface area contributed by atoms with E-state index in [1.54, 1.807) is 29.2 Å². The summed E-state index contributed by atoms with van der Waals surface area (Å²) in [4.78, 5) is 32.0. The fourth-order valence-corrected chi connectivity index (χ4v) is 3.19. The number of hydrogen-bond donors (Lipinski definition) is 0. The van der Waals surface area contributed by atoms with E-state index < -0.39 is 5.60 Å². The largest absolute Gasteiger partial charge is 0.332 e. The summed E-state index contributed by atoms with van der Waals surface area (Å²) < 4.78 is 0. The molecule has 3 fully saturated rings. The normalized spacial score (nSPS) is 22.1. The van der Waals surface area contributed by atoms with Crippen LogP contribution in [0.5, 0.6) is 0 Å².